The molecule has 1 spiro atoms. The number of esters is 1. The van der Waals surface area contributed by atoms with E-state index >= 15 is 0 Å². The molecule has 272 valence electrons. The molecule has 3 aliphatic rings. The van der Waals surface area contributed by atoms with Crippen LogP contribution in [0.25, 0.3) is 0 Å². The van der Waals surface area contributed by atoms with Gasteiger partial charge in [-0.3, -0.25) is 19.2 Å². The van der Waals surface area contributed by atoms with Crippen molar-refractivity contribution in [3.8, 4) is 0 Å². The number of ether oxygens (including phenoxy) is 2. The Hall–Kier alpha value is -4.77. The van der Waals surface area contributed by atoms with Gasteiger partial charge in [0.05, 0.1) is 37.1 Å². The Morgan fingerprint density at radius 1 is 1.04 bits per heavy atom. The number of rotatable bonds is 16. The Bertz CT molecular complexity index is 1770. The van der Waals surface area contributed by atoms with Gasteiger partial charge in [-0.25, -0.2) is 0 Å². The number of hydrogen-bond acceptors (Lipinski definition) is 7. The van der Waals surface area contributed by atoms with Gasteiger partial charge in [0.25, 0.3) is 5.91 Å². The number of anilines is 1. The fourth-order valence-electron chi connectivity index (χ4n) is 8.03. The lowest BCUT2D eigenvalue weighted by Gasteiger charge is -2.39. The second-order valence-electron chi connectivity index (χ2n) is 13.5. The molecular formula is C41H44ClN3O7. The molecule has 3 heterocycles. The summed E-state index contributed by atoms with van der Waals surface area (Å²) in [5, 5.41) is 14.2. The molecule has 2 bridgehead atoms. The molecular weight excluding hydrogens is 682 g/mol. The highest BCUT2D eigenvalue weighted by molar-refractivity contribution is 6.30. The number of halogens is 1. The van der Waals surface area contributed by atoms with E-state index in [1.807, 2.05) is 60.7 Å². The lowest BCUT2D eigenvalue weighted by atomic mass is 9.70. The predicted octanol–water partition coefficient (Wildman–Crippen LogP) is 5.20. The molecule has 10 nitrogen and oxygen atoms in total. The van der Waals surface area contributed by atoms with Gasteiger partial charge in [0.2, 0.25) is 11.8 Å². The van der Waals surface area contributed by atoms with Crippen molar-refractivity contribution in [2.45, 2.75) is 62.0 Å². The van der Waals surface area contributed by atoms with Crippen LogP contribution in [-0.2, 0) is 35.1 Å². The zero-order chi connectivity index (χ0) is 36.8. The van der Waals surface area contributed by atoms with E-state index in [-0.39, 0.29) is 31.8 Å². The summed E-state index contributed by atoms with van der Waals surface area (Å²) in [6, 6.07) is 23.4. The number of allylic oxidation sites excluding steroid dienone is 1. The molecule has 11 heteroatoms. The number of aliphatic hydroxyl groups is 1. The van der Waals surface area contributed by atoms with Crippen LogP contribution in [0, 0.1) is 11.8 Å². The number of aliphatic hydroxyl groups excluding tert-OH is 1. The summed E-state index contributed by atoms with van der Waals surface area (Å²) in [7, 11) is 0. The van der Waals surface area contributed by atoms with Gasteiger partial charge in [0.15, 0.2) is 0 Å². The normalized spacial score (nSPS) is 24.1. The number of nitrogens with zero attached hydrogens (tertiary/aromatic N) is 2. The van der Waals surface area contributed by atoms with Crippen molar-refractivity contribution in [2.24, 2.45) is 11.8 Å². The van der Waals surface area contributed by atoms with E-state index in [2.05, 4.69) is 18.5 Å². The molecule has 3 saturated heterocycles. The average molecular weight is 726 g/mol. The number of likely N-dealkylation sites (tertiary alicyclic amines) is 1. The van der Waals surface area contributed by atoms with Crippen molar-refractivity contribution < 1.29 is 33.8 Å². The van der Waals surface area contributed by atoms with E-state index in [0.717, 1.165) is 5.56 Å². The Labute approximate surface area is 309 Å². The SMILES string of the molecule is C=CCCC(=O)NC[C@H](OC(=O)[C@@H]1[C@@H]2CC[C@]3(O2)[C@H](C(=O)N(CC=C)c2ccc(Cl)cc2)N([C@@H](CO)Cc2ccccc2)C(=O)[C@@H]13)c1ccccc1. The third-order valence-electron chi connectivity index (χ3n) is 10.4. The minimum absolute atomic E-state index is 0.0300. The van der Waals surface area contributed by atoms with Crippen LogP contribution in [0.1, 0.15) is 42.9 Å². The van der Waals surface area contributed by atoms with Crippen molar-refractivity contribution in [1.29, 1.82) is 0 Å². The van der Waals surface area contributed by atoms with Crippen LogP contribution < -0.4 is 10.2 Å². The molecule has 0 saturated carbocycles. The van der Waals surface area contributed by atoms with Crippen LogP contribution in [0.15, 0.2) is 110 Å². The van der Waals surface area contributed by atoms with Crippen LogP contribution in [0.5, 0.6) is 0 Å². The molecule has 6 rings (SSSR count). The van der Waals surface area contributed by atoms with E-state index in [9.17, 15) is 24.3 Å². The second kappa shape index (κ2) is 16.3. The highest BCUT2D eigenvalue weighted by Crippen LogP contribution is 2.59. The first-order valence-electron chi connectivity index (χ1n) is 17.7. The largest absolute Gasteiger partial charge is 0.455 e. The number of fused-ring (bicyclic) bond motifs is 1. The van der Waals surface area contributed by atoms with Crippen LogP contribution in [0.4, 0.5) is 5.69 Å². The number of nitrogens with one attached hydrogen (secondary N) is 1. The van der Waals surface area contributed by atoms with Crippen LogP contribution in [0.2, 0.25) is 5.02 Å². The van der Waals surface area contributed by atoms with Gasteiger partial charge in [0.1, 0.15) is 17.7 Å². The molecule has 0 aliphatic carbocycles. The van der Waals surface area contributed by atoms with Gasteiger partial charge in [-0.05, 0) is 61.1 Å². The molecule has 3 fully saturated rings. The summed E-state index contributed by atoms with van der Waals surface area (Å²) in [6.07, 6.45) is 3.58. The van der Waals surface area contributed by atoms with Crippen molar-refractivity contribution in [2.75, 3.05) is 24.6 Å². The number of carbonyl (C=O) groups is 4. The van der Waals surface area contributed by atoms with Gasteiger partial charge in [-0.2, -0.15) is 0 Å². The maximum atomic E-state index is 15.0. The Balaban J connectivity index is 1.36. The number of benzene rings is 3. The highest BCUT2D eigenvalue weighted by atomic mass is 35.5. The quantitative estimate of drug-likeness (QED) is 0.154. The Kier molecular flexibility index (Phi) is 11.6. The molecule has 2 N–H and O–H groups in total. The van der Waals surface area contributed by atoms with Gasteiger partial charge in [-0.1, -0.05) is 84.4 Å². The fourth-order valence-corrected chi connectivity index (χ4v) is 8.16. The molecule has 0 unspecified atom stereocenters. The Morgan fingerprint density at radius 2 is 1.73 bits per heavy atom. The predicted molar refractivity (Wildman–Crippen MR) is 197 cm³/mol. The van der Waals surface area contributed by atoms with Crippen molar-refractivity contribution in [3.05, 3.63) is 126 Å². The number of hydrogen-bond donors (Lipinski definition) is 2. The van der Waals surface area contributed by atoms with Crippen molar-refractivity contribution in [1.82, 2.24) is 10.2 Å². The number of amides is 3. The Morgan fingerprint density at radius 3 is 2.38 bits per heavy atom. The summed E-state index contributed by atoms with van der Waals surface area (Å²) in [5.74, 6) is -3.75. The summed E-state index contributed by atoms with van der Waals surface area (Å²) < 4.78 is 12.9. The van der Waals surface area contributed by atoms with Gasteiger partial charge in [-0.15, -0.1) is 13.2 Å². The van der Waals surface area contributed by atoms with Crippen molar-refractivity contribution >= 4 is 41.0 Å². The lowest BCUT2D eigenvalue weighted by molar-refractivity contribution is -0.161. The maximum Gasteiger partial charge on any atom is 0.313 e. The van der Waals surface area contributed by atoms with Crippen LogP contribution in [0.3, 0.4) is 0 Å². The molecule has 52 heavy (non-hydrogen) atoms. The fraction of sp³-hybridized carbons (Fsp3) is 0.366. The summed E-state index contributed by atoms with van der Waals surface area (Å²) >= 11 is 6.19. The zero-order valence-electron chi connectivity index (χ0n) is 28.9. The van der Waals surface area contributed by atoms with Gasteiger partial charge >= 0.3 is 5.97 Å². The van der Waals surface area contributed by atoms with Crippen molar-refractivity contribution in [3.63, 3.8) is 0 Å². The number of carbonyl (C=O) groups excluding carboxylic acids is 4. The first-order chi connectivity index (χ1) is 25.2. The standard InChI is InChI=1S/C41H44ClN3O7/c1-3-5-16-34(47)43-25-33(28-14-10-7-11-15-28)51-40(50)35-32-21-22-41(52-32)36(35)38(48)45(31(26-46)24-27-12-8-6-9-13-27)37(41)39(49)44(23-4-2)30-19-17-29(42)18-20-30/h3-4,6-15,17-20,31-33,35-37,46H,1-2,5,16,21-26H2,(H,43,47)/t31-,32+,33+,35-,36-,37+,41-/m1/s1. The third kappa shape index (κ3) is 7.28. The molecule has 3 aliphatic heterocycles. The highest BCUT2D eigenvalue weighted by Gasteiger charge is 2.75. The van der Waals surface area contributed by atoms with Gasteiger partial charge < -0.3 is 29.7 Å². The smallest absolute Gasteiger partial charge is 0.313 e. The molecule has 3 amide bonds. The van der Waals surface area contributed by atoms with E-state index < -0.39 is 66.1 Å². The summed E-state index contributed by atoms with van der Waals surface area (Å²) in [5.41, 5.74) is 0.754. The summed E-state index contributed by atoms with van der Waals surface area (Å²) in [6.45, 7) is 7.28. The lowest BCUT2D eigenvalue weighted by Crippen LogP contribution is -2.59. The first-order valence-corrected chi connectivity index (χ1v) is 18.1. The monoisotopic (exact) mass is 725 g/mol. The third-order valence-corrected chi connectivity index (χ3v) is 10.6. The van der Waals surface area contributed by atoms with E-state index in [1.54, 1.807) is 36.4 Å². The van der Waals surface area contributed by atoms with E-state index in [4.69, 9.17) is 21.1 Å². The first kappa shape index (κ1) is 37.0. The van der Waals surface area contributed by atoms with Crippen LogP contribution >= 0.6 is 11.6 Å². The van der Waals surface area contributed by atoms with E-state index in [1.165, 1.54) is 9.80 Å². The minimum atomic E-state index is -1.35. The van der Waals surface area contributed by atoms with Crippen LogP contribution in [-0.4, -0.2) is 77.2 Å². The molecule has 3 aromatic carbocycles. The maximum absolute atomic E-state index is 15.0. The zero-order valence-corrected chi connectivity index (χ0v) is 29.7. The molecule has 0 aromatic heterocycles. The second-order valence-corrected chi connectivity index (χ2v) is 13.9. The molecule has 3 aromatic rings. The van der Waals surface area contributed by atoms with E-state index in [0.29, 0.717) is 35.5 Å². The van der Waals surface area contributed by atoms with Gasteiger partial charge in [0, 0.05) is 23.7 Å². The molecule has 0 radical (unpaired) electrons. The minimum Gasteiger partial charge on any atom is -0.455 e. The topological polar surface area (TPSA) is 125 Å². The summed E-state index contributed by atoms with van der Waals surface area (Å²) in [4.78, 5) is 59.7. The molecule has 7 atom stereocenters. The average Bonchev–Trinajstić information content (AvgIpc) is 3.82.